The van der Waals surface area contributed by atoms with Gasteiger partial charge in [-0.2, -0.15) is 0 Å². The van der Waals surface area contributed by atoms with Gasteiger partial charge in [-0.05, 0) is 30.4 Å². The number of hydrogen-bond donors (Lipinski definition) is 1. The number of rotatable bonds is 3. The molecule has 0 unspecified atom stereocenters. The van der Waals surface area contributed by atoms with E-state index in [1.54, 1.807) is 7.11 Å². The van der Waals surface area contributed by atoms with E-state index >= 15 is 0 Å². The van der Waals surface area contributed by atoms with Gasteiger partial charge in [0.1, 0.15) is 6.10 Å². The van der Waals surface area contributed by atoms with Crippen molar-refractivity contribution in [1.29, 1.82) is 0 Å². The number of aliphatic hydroxyl groups is 1. The van der Waals surface area contributed by atoms with E-state index < -0.39 is 6.10 Å². The molecule has 2 nitrogen and oxygen atoms in total. The van der Waals surface area contributed by atoms with Gasteiger partial charge in [0.15, 0.2) is 0 Å². The molecule has 1 atom stereocenters. The largest absolute Gasteiger partial charge is 0.386 e. The third kappa shape index (κ3) is 4.61. The van der Waals surface area contributed by atoms with Crippen molar-refractivity contribution in [3.8, 4) is 0 Å². The standard InChI is InChI=1S/C12H22O2/c1-9(11(13)8-14-6)7-10(2)12(3,4)5/h11,13H,8H2,1-6H3/t7?,11-/m1/s1. The van der Waals surface area contributed by atoms with E-state index in [0.29, 0.717) is 6.61 Å². The Kier molecular flexibility index (Phi) is 5.14. The average Bonchev–Trinajstić information content (AvgIpc) is 2.02. The summed E-state index contributed by atoms with van der Waals surface area (Å²) in [5.41, 5.74) is 5.29. The Morgan fingerprint density at radius 3 is 2.21 bits per heavy atom. The molecule has 2 heteroatoms. The predicted octanol–water partition coefficient (Wildman–Crippen LogP) is 2.53. The van der Waals surface area contributed by atoms with Crippen LogP contribution in [0.1, 0.15) is 34.6 Å². The van der Waals surface area contributed by atoms with Crippen LogP contribution < -0.4 is 0 Å². The SMILES string of the molecule is COC[C@@H](O)C(C)=C=C(C)C(C)(C)C. The number of hydrogen-bond acceptors (Lipinski definition) is 2. The number of ether oxygens (including phenoxy) is 1. The molecule has 0 aromatic rings. The quantitative estimate of drug-likeness (QED) is 0.706. The first kappa shape index (κ1) is 13.4. The second-order valence-corrected chi connectivity index (χ2v) is 4.65. The third-order valence-corrected chi connectivity index (χ3v) is 2.33. The van der Waals surface area contributed by atoms with E-state index in [4.69, 9.17) is 4.74 Å². The predicted molar refractivity (Wildman–Crippen MR) is 59.2 cm³/mol. The second kappa shape index (κ2) is 5.35. The normalized spacial score (nSPS) is 13.4. The van der Waals surface area contributed by atoms with Crippen LogP contribution in [-0.2, 0) is 4.74 Å². The van der Waals surface area contributed by atoms with Crippen molar-refractivity contribution in [1.82, 2.24) is 0 Å². The van der Waals surface area contributed by atoms with Crippen LogP contribution in [0.4, 0.5) is 0 Å². The summed E-state index contributed by atoms with van der Waals surface area (Å²) in [6, 6.07) is 0. The summed E-state index contributed by atoms with van der Waals surface area (Å²) >= 11 is 0. The van der Waals surface area contributed by atoms with E-state index in [1.807, 2.05) is 13.8 Å². The molecule has 0 aromatic heterocycles. The van der Waals surface area contributed by atoms with Gasteiger partial charge in [-0.15, -0.1) is 5.73 Å². The highest BCUT2D eigenvalue weighted by atomic mass is 16.5. The molecule has 0 aliphatic rings. The molecule has 14 heavy (non-hydrogen) atoms. The fourth-order valence-electron chi connectivity index (χ4n) is 0.849. The molecule has 0 aliphatic heterocycles. The molecule has 0 radical (unpaired) electrons. The van der Waals surface area contributed by atoms with Gasteiger partial charge in [-0.1, -0.05) is 20.8 Å². The maximum atomic E-state index is 9.59. The Morgan fingerprint density at radius 1 is 1.36 bits per heavy atom. The Hall–Kier alpha value is -0.560. The summed E-state index contributed by atoms with van der Waals surface area (Å²) in [4.78, 5) is 0. The lowest BCUT2D eigenvalue weighted by Crippen LogP contribution is -2.15. The van der Waals surface area contributed by atoms with Crippen LogP contribution in [0.25, 0.3) is 0 Å². The van der Waals surface area contributed by atoms with Gasteiger partial charge >= 0.3 is 0 Å². The number of aliphatic hydroxyl groups excluding tert-OH is 1. The average molecular weight is 198 g/mol. The molecule has 0 aliphatic carbocycles. The van der Waals surface area contributed by atoms with Crippen molar-refractivity contribution >= 4 is 0 Å². The first-order valence-corrected chi connectivity index (χ1v) is 4.90. The van der Waals surface area contributed by atoms with E-state index in [-0.39, 0.29) is 5.41 Å². The molecule has 0 spiro atoms. The van der Waals surface area contributed by atoms with Crippen LogP contribution in [0, 0.1) is 5.41 Å². The molecule has 82 valence electrons. The van der Waals surface area contributed by atoms with Gasteiger partial charge < -0.3 is 9.84 Å². The molecule has 1 N–H and O–H groups in total. The maximum absolute atomic E-state index is 9.59. The second-order valence-electron chi connectivity index (χ2n) is 4.65. The summed E-state index contributed by atoms with van der Waals surface area (Å²) in [5, 5.41) is 9.59. The monoisotopic (exact) mass is 198 g/mol. The highest BCUT2D eigenvalue weighted by Gasteiger charge is 2.13. The van der Waals surface area contributed by atoms with Crippen molar-refractivity contribution in [2.45, 2.75) is 40.7 Å². The molecule has 0 bridgehead atoms. The molecule has 0 fully saturated rings. The summed E-state index contributed by atoms with van der Waals surface area (Å²) in [5.74, 6) is 0. The fraction of sp³-hybridized carbons (Fsp3) is 0.750. The smallest absolute Gasteiger partial charge is 0.105 e. The topological polar surface area (TPSA) is 29.5 Å². The highest BCUT2D eigenvalue weighted by Crippen LogP contribution is 2.23. The van der Waals surface area contributed by atoms with E-state index in [0.717, 1.165) is 11.1 Å². The van der Waals surface area contributed by atoms with Crippen molar-refractivity contribution in [3.63, 3.8) is 0 Å². The summed E-state index contributed by atoms with van der Waals surface area (Å²) in [6.07, 6.45) is -0.544. The van der Waals surface area contributed by atoms with Crippen LogP contribution in [0.2, 0.25) is 0 Å². The van der Waals surface area contributed by atoms with E-state index in [2.05, 4.69) is 26.5 Å². The van der Waals surface area contributed by atoms with Gasteiger partial charge in [0.05, 0.1) is 6.61 Å². The summed E-state index contributed by atoms with van der Waals surface area (Å²) < 4.78 is 4.87. The van der Waals surface area contributed by atoms with Crippen molar-refractivity contribution in [3.05, 3.63) is 16.9 Å². The Morgan fingerprint density at radius 2 is 1.86 bits per heavy atom. The maximum Gasteiger partial charge on any atom is 0.105 e. The molecule has 0 rings (SSSR count). The van der Waals surface area contributed by atoms with Crippen LogP contribution >= 0.6 is 0 Å². The van der Waals surface area contributed by atoms with Crippen LogP contribution in [0.3, 0.4) is 0 Å². The minimum atomic E-state index is -0.544. The zero-order chi connectivity index (χ0) is 11.4. The molecule has 0 saturated heterocycles. The molecular weight excluding hydrogens is 176 g/mol. The zero-order valence-electron chi connectivity index (χ0n) is 10.1. The van der Waals surface area contributed by atoms with Crippen molar-refractivity contribution in [2.75, 3.05) is 13.7 Å². The van der Waals surface area contributed by atoms with E-state index in [9.17, 15) is 5.11 Å². The minimum absolute atomic E-state index is 0.105. The molecular formula is C12H22O2. The van der Waals surface area contributed by atoms with Crippen LogP contribution in [0.15, 0.2) is 16.9 Å². The minimum Gasteiger partial charge on any atom is -0.386 e. The van der Waals surface area contributed by atoms with Crippen LogP contribution in [-0.4, -0.2) is 24.9 Å². The van der Waals surface area contributed by atoms with Gasteiger partial charge in [-0.3, -0.25) is 0 Å². The molecule has 0 aromatic carbocycles. The van der Waals surface area contributed by atoms with Crippen LogP contribution in [0.5, 0.6) is 0 Å². The molecule has 0 amide bonds. The fourth-order valence-corrected chi connectivity index (χ4v) is 0.849. The zero-order valence-corrected chi connectivity index (χ0v) is 10.1. The van der Waals surface area contributed by atoms with Gasteiger partial charge in [-0.25, -0.2) is 0 Å². The van der Waals surface area contributed by atoms with Gasteiger partial charge in [0.25, 0.3) is 0 Å². The highest BCUT2D eigenvalue weighted by molar-refractivity contribution is 5.14. The van der Waals surface area contributed by atoms with Gasteiger partial charge in [0, 0.05) is 7.11 Å². The summed E-state index contributed by atoms with van der Waals surface area (Å²) in [7, 11) is 1.58. The Balaban J connectivity index is 4.79. The molecule has 0 heterocycles. The first-order chi connectivity index (χ1) is 6.29. The van der Waals surface area contributed by atoms with Gasteiger partial charge in [0.2, 0.25) is 0 Å². The lowest BCUT2D eigenvalue weighted by atomic mass is 9.87. The lowest BCUT2D eigenvalue weighted by Gasteiger charge is -2.18. The third-order valence-electron chi connectivity index (χ3n) is 2.33. The molecule has 0 saturated carbocycles. The summed E-state index contributed by atoms with van der Waals surface area (Å²) in [6.45, 7) is 10.6. The van der Waals surface area contributed by atoms with Crippen molar-refractivity contribution in [2.24, 2.45) is 5.41 Å². The lowest BCUT2D eigenvalue weighted by molar-refractivity contribution is 0.0866. The Labute approximate surface area is 87.3 Å². The number of methoxy groups -OCH3 is 1. The van der Waals surface area contributed by atoms with Crippen molar-refractivity contribution < 1.29 is 9.84 Å². The van der Waals surface area contributed by atoms with E-state index in [1.165, 1.54) is 0 Å². The first-order valence-electron chi connectivity index (χ1n) is 4.90. The Bertz CT molecular complexity index is 240.